The minimum absolute atomic E-state index is 0.0318. The first-order valence-electron chi connectivity index (χ1n) is 9.17. The highest BCUT2D eigenvalue weighted by atomic mass is 32.2. The van der Waals surface area contributed by atoms with Gasteiger partial charge in [-0.1, -0.05) is 24.3 Å². The van der Waals surface area contributed by atoms with E-state index in [1.807, 2.05) is 0 Å². The van der Waals surface area contributed by atoms with Crippen molar-refractivity contribution in [2.75, 3.05) is 23.3 Å². The van der Waals surface area contributed by atoms with E-state index in [0.29, 0.717) is 5.69 Å². The number of ether oxygens (including phenoxy) is 1. The Morgan fingerprint density at radius 1 is 1.06 bits per heavy atom. The fraction of sp³-hybridized carbons (Fsp3) is 0.143. The third-order valence-electron chi connectivity index (χ3n) is 4.25. The monoisotopic (exact) mass is 465 g/mol. The van der Waals surface area contributed by atoms with E-state index in [1.54, 1.807) is 30.3 Å². The lowest BCUT2D eigenvalue weighted by Crippen LogP contribution is -2.26. The maximum atomic E-state index is 12.9. The molecule has 11 heteroatoms. The molecule has 0 aliphatic carbocycles. The topological polar surface area (TPSA) is 88.6 Å². The molecule has 3 rings (SSSR count). The molecule has 32 heavy (non-hydrogen) atoms. The van der Waals surface area contributed by atoms with Crippen molar-refractivity contribution in [1.82, 2.24) is 4.98 Å². The molecule has 0 bridgehead atoms. The lowest BCUT2D eigenvalue weighted by Gasteiger charge is -2.19. The van der Waals surface area contributed by atoms with Gasteiger partial charge in [0.2, 0.25) is 5.88 Å². The van der Waals surface area contributed by atoms with Crippen LogP contribution in [0.15, 0.2) is 77.8 Å². The second kappa shape index (κ2) is 9.27. The van der Waals surface area contributed by atoms with Gasteiger partial charge in [-0.2, -0.15) is 13.2 Å². The Morgan fingerprint density at radius 2 is 1.78 bits per heavy atom. The van der Waals surface area contributed by atoms with Crippen LogP contribution < -0.4 is 14.4 Å². The third kappa shape index (κ3) is 5.76. The number of anilines is 2. The number of benzene rings is 2. The largest absolute Gasteiger partial charge is 0.468 e. The van der Waals surface area contributed by atoms with Crippen LogP contribution in [0.4, 0.5) is 24.5 Å². The molecule has 3 aromatic rings. The van der Waals surface area contributed by atoms with Crippen molar-refractivity contribution >= 4 is 27.3 Å². The summed E-state index contributed by atoms with van der Waals surface area (Å²) in [5.74, 6) is -0.901. The summed E-state index contributed by atoms with van der Waals surface area (Å²) in [4.78, 5) is 16.1. The molecule has 168 valence electrons. The summed E-state index contributed by atoms with van der Waals surface area (Å²) in [7, 11) is -2.46. The van der Waals surface area contributed by atoms with E-state index >= 15 is 0 Å². The normalized spacial score (nSPS) is 11.6. The number of carbonyl (C=O) groups is 1. The number of para-hydroxylation sites is 1. The summed E-state index contributed by atoms with van der Waals surface area (Å²) in [6.07, 6.45) is -3.44. The van der Waals surface area contributed by atoms with Crippen LogP contribution in [0.2, 0.25) is 0 Å². The minimum atomic E-state index is -4.50. The Hall–Kier alpha value is -3.60. The Labute approximate surface area is 182 Å². The molecule has 1 heterocycles. The molecule has 0 atom stereocenters. The first-order chi connectivity index (χ1) is 15.1. The van der Waals surface area contributed by atoms with Crippen molar-refractivity contribution < 1.29 is 31.1 Å². The molecule has 0 saturated heterocycles. The summed E-state index contributed by atoms with van der Waals surface area (Å²) in [6, 6.07) is 16.6. The van der Waals surface area contributed by atoms with Crippen molar-refractivity contribution in [1.29, 1.82) is 0 Å². The van der Waals surface area contributed by atoms with Gasteiger partial charge in [0, 0.05) is 25.0 Å². The average molecular weight is 465 g/mol. The molecule has 0 saturated carbocycles. The number of nitrogens with zero attached hydrogens (tertiary/aromatic N) is 2. The van der Waals surface area contributed by atoms with Crippen molar-refractivity contribution in [3.05, 3.63) is 78.5 Å². The zero-order chi connectivity index (χ0) is 23.4. The van der Waals surface area contributed by atoms with Crippen LogP contribution in [-0.2, 0) is 10.0 Å². The molecular weight excluding hydrogens is 447 g/mol. The van der Waals surface area contributed by atoms with Crippen LogP contribution in [-0.4, -0.2) is 39.1 Å². The molecule has 2 aromatic carbocycles. The van der Waals surface area contributed by atoms with Crippen LogP contribution >= 0.6 is 0 Å². The number of halogens is 3. The van der Waals surface area contributed by atoms with Crippen molar-refractivity contribution in [3.8, 4) is 5.88 Å². The number of pyridine rings is 1. The van der Waals surface area contributed by atoms with Gasteiger partial charge < -0.3 is 10.1 Å². The molecule has 1 aromatic heterocycles. The standard InChI is InChI=1S/C21H18F3N3O4S/c1-27(17-7-3-2-4-8-17)32(29,30)18-9-5-6-16(12-18)26-20(28)15-10-11-19(25-13-15)31-14-21(22,23)24/h2-13H,14H2,1H3,(H,26,28). The van der Waals surface area contributed by atoms with Crippen LogP contribution in [0.25, 0.3) is 0 Å². The van der Waals surface area contributed by atoms with E-state index in [-0.39, 0.29) is 22.0 Å². The molecule has 1 N–H and O–H groups in total. The molecule has 0 radical (unpaired) electrons. The number of nitrogens with one attached hydrogen (secondary N) is 1. The summed E-state index contributed by atoms with van der Waals surface area (Å²) in [6.45, 7) is -1.50. The molecule has 0 aliphatic rings. The van der Waals surface area contributed by atoms with Crippen LogP contribution in [0, 0.1) is 0 Å². The molecule has 0 spiro atoms. The highest BCUT2D eigenvalue weighted by molar-refractivity contribution is 7.92. The summed E-state index contributed by atoms with van der Waals surface area (Å²) in [5, 5.41) is 2.54. The van der Waals surface area contributed by atoms with Crippen molar-refractivity contribution in [2.24, 2.45) is 0 Å². The molecule has 0 fully saturated rings. The first-order valence-corrected chi connectivity index (χ1v) is 10.6. The van der Waals surface area contributed by atoms with E-state index < -0.39 is 28.7 Å². The lowest BCUT2D eigenvalue weighted by molar-refractivity contribution is -0.154. The van der Waals surface area contributed by atoms with Gasteiger partial charge in [0.1, 0.15) is 0 Å². The number of sulfonamides is 1. The predicted molar refractivity (Wildman–Crippen MR) is 112 cm³/mol. The maximum Gasteiger partial charge on any atom is 0.422 e. The number of carbonyl (C=O) groups excluding carboxylic acids is 1. The van der Waals surface area contributed by atoms with Crippen LogP contribution in [0.1, 0.15) is 10.4 Å². The fourth-order valence-corrected chi connectivity index (χ4v) is 3.87. The molecule has 0 aliphatic heterocycles. The second-order valence-corrected chi connectivity index (χ2v) is 8.55. The third-order valence-corrected chi connectivity index (χ3v) is 6.03. The van der Waals surface area contributed by atoms with E-state index in [2.05, 4.69) is 15.0 Å². The van der Waals surface area contributed by atoms with Gasteiger partial charge in [0.25, 0.3) is 15.9 Å². The van der Waals surface area contributed by atoms with Crippen LogP contribution in [0.3, 0.4) is 0 Å². The van der Waals surface area contributed by atoms with Gasteiger partial charge in [-0.25, -0.2) is 13.4 Å². The number of alkyl halides is 3. The molecule has 0 unspecified atom stereocenters. The van der Waals surface area contributed by atoms with E-state index in [0.717, 1.165) is 16.6 Å². The van der Waals surface area contributed by atoms with Gasteiger partial charge in [0.05, 0.1) is 16.1 Å². The quantitative estimate of drug-likeness (QED) is 0.568. The predicted octanol–water partition coefficient (Wildman–Crippen LogP) is 4.10. The molecular formula is C21H18F3N3O4S. The Morgan fingerprint density at radius 3 is 2.41 bits per heavy atom. The van der Waals surface area contributed by atoms with Crippen molar-refractivity contribution in [2.45, 2.75) is 11.1 Å². The van der Waals surface area contributed by atoms with E-state index in [4.69, 9.17) is 0 Å². The van der Waals surface area contributed by atoms with Crippen LogP contribution in [0.5, 0.6) is 5.88 Å². The van der Waals surface area contributed by atoms with Gasteiger partial charge >= 0.3 is 6.18 Å². The summed E-state index contributed by atoms with van der Waals surface area (Å²) in [5.41, 5.74) is 0.745. The van der Waals surface area contributed by atoms with Gasteiger partial charge in [-0.3, -0.25) is 9.10 Å². The molecule has 1 amide bonds. The van der Waals surface area contributed by atoms with Crippen molar-refractivity contribution in [3.63, 3.8) is 0 Å². The second-order valence-electron chi connectivity index (χ2n) is 6.58. The number of aromatic nitrogens is 1. The number of hydrogen-bond acceptors (Lipinski definition) is 5. The lowest BCUT2D eigenvalue weighted by atomic mass is 10.2. The first kappa shape index (κ1) is 23.1. The minimum Gasteiger partial charge on any atom is -0.468 e. The average Bonchev–Trinajstić information content (AvgIpc) is 2.77. The maximum absolute atomic E-state index is 12.9. The SMILES string of the molecule is CN(c1ccccc1)S(=O)(=O)c1cccc(NC(=O)c2ccc(OCC(F)(F)F)nc2)c1. The number of hydrogen-bond donors (Lipinski definition) is 1. The Balaban J connectivity index is 1.72. The number of amides is 1. The van der Waals surface area contributed by atoms with Gasteiger partial charge in [-0.05, 0) is 36.4 Å². The highest BCUT2D eigenvalue weighted by Crippen LogP contribution is 2.24. The number of rotatable bonds is 7. The van der Waals surface area contributed by atoms with E-state index in [1.165, 1.54) is 37.4 Å². The Bertz CT molecular complexity index is 1180. The highest BCUT2D eigenvalue weighted by Gasteiger charge is 2.28. The van der Waals surface area contributed by atoms with Gasteiger partial charge in [-0.15, -0.1) is 0 Å². The zero-order valence-electron chi connectivity index (χ0n) is 16.7. The fourth-order valence-electron chi connectivity index (χ4n) is 2.63. The Kier molecular flexibility index (Phi) is 6.68. The smallest absolute Gasteiger partial charge is 0.422 e. The van der Waals surface area contributed by atoms with E-state index in [9.17, 15) is 26.4 Å². The summed E-state index contributed by atoms with van der Waals surface area (Å²) < 4.78 is 68.0. The summed E-state index contributed by atoms with van der Waals surface area (Å²) >= 11 is 0. The van der Waals surface area contributed by atoms with Gasteiger partial charge in [0.15, 0.2) is 6.61 Å². The zero-order valence-corrected chi connectivity index (χ0v) is 17.5. The molecule has 7 nitrogen and oxygen atoms in total.